The smallest absolute Gasteiger partial charge is 0.236 e. The number of hydrogen-bond acceptors (Lipinski definition) is 7. The van der Waals surface area contributed by atoms with E-state index < -0.39 is 5.41 Å². The molecule has 8 heteroatoms. The summed E-state index contributed by atoms with van der Waals surface area (Å²) < 4.78 is 16.3. The van der Waals surface area contributed by atoms with E-state index in [0.29, 0.717) is 23.9 Å². The molecule has 186 valence electrons. The van der Waals surface area contributed by atoms with Crippen LogP contribution in [0.3, 0.4) is 0 Å². The van der Waals surface area contributed by atoms with E-state index in [1.54, 1.807) is 7.11 Å². The van der Waals surface area contributed by atoms with E-state index in [1.807, 2.05) is 54.7 Å². The summed E-state index contributed by atoms with van der Waals surface area (Å²) in [5.41, 5.74) is 2.44. The first kappa shape index (κ1) is 22.8. The van der Waals surface area contributed by atoms with Gasteiger partial charge < -0.3 is 24.6 Å². The Kier molecular flexibility index (Phi) is 5.78. The number of methoxy groups -OCH3 is 1. The summed E-state index contributed by atoms with van der Waals surface area (Å²) in [7, 11) is 1.66. The fourth-order valence-electron chi connectivity index (χ4n) is 5.27. The summed E-state index contributed by atoms with van der Waals surface area (Å²) >= 11 is 0. The van der Waals surface area contributed by atoms with Gasteiger partial charge in [0.25, 0.3) is 0 Å². The number of carbonyl (C=O) groups excluding carboxylic acids is 1. The Morgan fingerprint density at radius 2 is 2.00 bits per heavy atom. The van der Waals surface area contributed by atoms with Crippen LogP contribution in [-0.2, 0) is 10.2 Å². The quantitative estimate of drug-likeness (QED) is 0.526. The molecule has 2 atom stereocenters. The molecule has 1 saturated carbocycles. The number of fused-ring (bicyclic) bond motifs is 1. The van der Waals surface area contributed by atoms with Crippen LogP contribution in [-0.4, -0.2) is 54.0 Å². The van der Waals surface area contributed by atoms with Gasteiger partial charge >= 0.3 is 0 Å². The molecule has 3 aromatic rings. The Labute approximate surface area is 209 Å². The molecule has 2 fully saturated rings. The van der Waals surface area contributed by atoms with Crippen LogP contribution in [0.2, 0.25) is 0 Å². The molecule has 2 N–H and O–H groups in total. The third-order valence-corrected chi connectivity index (χ3v) is 7.42. The van der Waals surface area contributed by atoms with Crippen molar-refractivity contribution in [2.24, 2.45) is 0 Å². The minimum absolute atomic E-state index is 0.0615. The Morgan fingerprint density at radius 3 is 2.72 bits per heavy atom. The number of amides is 1. The lowest BCUT2D eigenvalue weighted by Crippen LogP contribution is -2.29. The van der Waals surface area contributed by atoms with Gasteiger partial charge in [0.05, 0.1) is 24.7 Å². The SMILES string of the molecule is COc1cccc(C(c2ccc(NC(=O)C3(c4ccc5c(c4)OCO5)CC3)nc2)N2CC[C@@H](O)C2)c1. The largest absolute Gasteiger partial charge is 0.497 e. The normalized spacial score (nSPS) is 20.7. The van der Waals surface area contributed by atoms with Crippen LogP contribution in [0.4, 0.5) is 5.82 Å². The molecule has 8 nitrogen and oxygen atoms in total. The first-order valence-corrected chi connectivity index (χ1v) is 12.3. The summed E-state index contributed by atoms with van der Waals surface area (Å²) in [6, 6.07) is 17.5. The van der Waals surface area contributed by atoms with Crippen LogP contribution in [0.5, 0.6) is 17.2 Å². The number of hydrogen-bond donors (Lipinski definition) is 2. The van der Waals surface area contributed by atoms with Crippen LogP contribution in [0.1, 0.15) is 42.0 Å². The lowest BCUT2D eigenvalue weighted by molar-refractivity contribution is -0.118. The van der Waals surface area contributed by atoms with Crippen molar-refractivity contribution in [3.05, 3.63) is 77.5 Å². The van der Waals surface area contributed by atoms with Crippen molar-refractivity contribution in [2.75, 3.05) is 32.3 Å². The fourth-order valence-corrected chi connectivity index (χ4v) is 5.27. The van der Waals surface area contributed by atoms with Crippen molar-refractivity contribution in [1.29, 1.82) is 0 Å². The number of pyridine rings is 1. The summed E-state index contributed by atoms with van der Waals surface area (Å²) in [5, 5.41) is 13.2. The molecular formula is C28H29N3O5. The van der Waals surface area contributed by atoms with E-state index in [4.69, 9.17) is 14.2 Å². The van der Waals surface area contributed by atoms with E-state index >= 15 is 0 Å². The predicted octanol–water partition coefficient (Wildman–Crippen LogP) is 3.65. The zero-order chi connectivity index (χ0) is 24.7. The van der Waals surface area contributed by atoms with E-state index in [1.165, 1.54) is 0 Å². The molecule has 2 aliphatic heterocycles. The van der Waals surface area contributed by atoms with Gasteiger partial charge in [0.15, 0.2) is 11.5 Å². The van der Waals surface area contributed by atoms with Crippen LogP contribution >= 0.6 is 0 Å². The molecule has 1 aliphatic carbocycles. The van der Waals surface area contributed by atoms with Crippen molar-refractivity contribution in [3.63, 3.8) is 0 Å². The van der Waals surface area contributed by atoms with Crippen LogP contribution in [0, 0.1) is 0 Å². The summed E-state index contributed by atoms with van der Waals surface area (Å²) in [6.07, 6.45) is 3.78. The second-order valence-corrected chi connectivity index (χ2v) is 9.70. The first-order chi connectivity index (χ1) is 17.6. The number of aliphatic hydroxyl groups is 1. The number of benzene rings is 2. The van der Waals surface area contributed by atoms with Gasteiger partial charge in [-0.3, -0.25) is 9.69 Å². The summed E-state index contributed by atoms with van der Waals surface area (Å²) in [5.74, 6) is 2.63. The van der Waals surface area contributed by atoms with Crippen molar-refractivity contribution in [2.45, 2.75) is 36.8 Å². The van der Waals surface area contributed by atoms with Crippen molar-refractivity contribution < 1.29 is 24.1 Å². The molecule has 3 aliphatic rings. The second kappa shape index (κ2) is 9.11. The maximum atomic E-state index is 13.3. The van der Waals surface area contributed by atoms with Crippen LogP contribution in [0.15, 0.2) is 60.8 Å². The van der Waals surface area contributed by atoms with Gasteiger partial charge in [-0.1, -0.05) is 24.3 Å². The third-order valence-electron chi connectivity index (χ3n) is 7.42. The van der Waals surface area contributed by atoms with Crippen molar-refractivity contribution >= 4 is 11.7 Å². The zero-order valence-electron chi connectivity index (χ0n) is 20.1. The summed E-state index contributed by atoms with van der Waals surface area (Å²) in [4.78, 5) is 20.1. The van der Waals surface area contributed by atoms with Gasteiger partial charge in [0.2, 0.25) is 12.7 Å². The topological polar surface area (TPSA) is 93.2 Å². The summed E-state index contributed by atoms with van der Waals surface area (Å²) in [6.45, 7) is 1.60. The first-order valence-electron chi connectivity index (χ1n) is 12.3. The van der Waals surface area contributed by atoms with Gasteiger partial charge in [-0.05, 0) is 66.3 Å². The highest BCUT2D eigenvalue weighted by Gasteiger charge is 2.51. The molecule has 1 saturated heterocycles. The third kappa shape index (κ3) is 4.16. The maximum Gasteiger partial charge on any atom is 0.236 e. The number of aliphatic hydroxyl groups excluding tert-OH is 1. The maximum absolute atomic E-state index is 13.3. The monoisotopic (exact) mass is 487 g/mol. The van der Waals surface area contributed by atoms with Gasteiger partial charge in [-0.15, -0.1) is 0 Å². The number of carbonyl (C=O) groups is 1. The molecule has 36 heavy (non-hydrogen) atoms. The highest BCUT2D eigenvalue weighted by molar-refractivity contribution is 6.01. The van der Waals surface area contributed by atoms with E-state index in [-0.39, 0.29) is 24.8 Å². The Balaban J connectivity index is 1.22. The molecular weight excluding hydrogens is 458 g/mol. The Morgan fingerprint density at radius 1 is 1.14 bits per heavy atom. The van der Waals surface area contributed by atoms with Crippen molar-refractivity contribution in [1.82, 2.24) is 9.88 Å². The standard InChI is InChI=1S/C28H29N3O5/c1-34-22-4-2-3-18(13-22)26(31-12-9-21(32)16-31)19-5-8-25(29-15-19)30-27(33)28(10-11-28)20-6-7-23-24(14-20)36-17-35-23/h2-8,13-15,21,26,32H,9-12,16-17H2,1H3,(H,29,30,33)/t21-,26?/m1/s1. The fraction of sp³-hybridized carbons (Fsp3) is 0.357. The minimum Gasteiger partial charge on any atom is -0.497 e. The molecule has 0 bridgehead atoms. The number of ether oxygens (including phenoxy) is 3. The average Bonchev–Trinajstić information content (AvgIpc) is 3.40. The van der Waals surface area contributed by atoms with Gasteiger partial charge in [-0.2, -0.15) is 0 Å². The van der Waals surface area contributed by atoms with Gasteiger partial charge in [0.1, 0.15) is 11.6 Å². The van der Waals surface area contributed by atoms with E-state index in [0.717, 1.165) is 48.2 Å². The molecule has 1 amide bonds. The molecule has 0 spiro atoms. The number of rotatable bonds is 7. The number of aromatic nitrogens is 1. The molecule has 0 radical (unpaired) electrons. The van der Waals surface area contributed by atoms with Crippen LogP contribution in [0.25, 0.3) is 0 Å². The predicted molar refractivity (Wildman–Crippen MR) is 133 cm³/mol. The molecule has 6 rings (SSSR count). The van der Waals surface area contributed by atoms with Gasteiger partial charge in [-0.25, -0.2) is 4.98 Å². The molecule has 1 unspecified atom stereocenters. The average molecular weight is 488 g/mol. The number of anilines is 1. The van der Waals surface area contributed by atoms with E-state index in [9.17, 15) is 9.90 Å². The molecule has 1 aromatic heterocycles. The van der Waals surface area contributed by atoms with Crippen molar-refractivity contribution in [3.8, 4) is 17.2 Å². The zero-order valence-corrected chi connectivity index (χ0v) is 20.1. The lowest BCUT2D eigenvalue weighted by atomic mass is 9.94. The Hall–Kier alpha value is -3.62. The Bertz CT molecular complexity index is 1270. The molecule has 3 heterocycles. The highest BCUT2D eigenvalue weighted by Crippen LogP contribution is 2.51. The number of likely N-dealkylation sites (tertiary alicyclic amines) is 1. The highest BCUT2D eigenvalue weighted by atomic mass is 16.7. The lowest BCUT2D eigenvalue weighted by Gasteiger charge is -2.28. The number of nitrogens with zero attached hydrogens (tertiary/aromatic N) is 2. The minimum atomic E-state index is -0.559. The number of β-amino-alcohol motifs (C(OH)–C–C–N with tert-alkyl or cyclic N) is 1. The van der Waals surface area contributed by atoms with E-state index in [2.05, 4.69) is 21.3 Å². The van der Waals surface area contributed by atoms with Crippen LogP contribution < -0.4 is 19.5 Å². The number of nitrogens with one attached hydrogen (secondary N) is 1. The molecule has 2 aromatic carbocycles. The van der Waals surface area contributed by atoms with Gasteiger partial charge in [0, 0.05) is 19.3 Å². The second-order valence-electron chi connectivity index (χ2n) is 9.70.